The minimum atomic E-state index is 0.956. The first-order valence-corrected chi connectivity index (χ1v) is 7.71. The van der Waals surface area contributed by atoms with Gasteiger partial charge < -0.3 is 4.42 Å². The lowest BCUT2D eigenvalue weighted by Crippen LogP contribution is -1.75. The van der Waals surface area contributed by atoms with Gasteiger partial charge in [-0.1, -0.05) is 74.5 Å². The molecule has 1 heterocycles. The molecule has 0 atom stereocenters. The Labute approximate surface area is 132 Å². The van der Waals surface area contributed by atoms with Crippen molar-refractivity contribution in [3.8, 4) is 0 Å². The second-order valence-corrected chi connectivity index (χ2v) is 4.75. The Kier molecular flexibility index (Phi) is 5.79. The maximum absolute atomic E-state index is 5.12. The minimum absolute atomic E-state index is 0.956. The molecule has 0 spiro atoms. The van der Waals surface area contributed by atoms with Crippen molar-refractivity contribution in [2.45, 2.75) is 20.8 Å². The summed E-state index contributed by atoms with van der Waals surface area (Å²) in [6.07, 6.45) is 1.70. The van der Waals surface area contributed by atoms with Crippen LogP contribution in [0.25, 0.3) is 21.7 Å². The van der Waals surface area contributed by atoms with Gasteiger partial charge in [0.05, 0.1) is 6.26 Å². The van der Waals surface area contributed by atoms with Gasteiger partial charge in [0, 0.05) is 5.39 Å². The minimum Gasteiger partial charge on any atom is -0.464 e. The first-order valence-electron chi connectivity index (χ1n) is 7.71. The molecule has 0 saturated carbocycles. The Bertz CT molecular complexity index is 792. The fourth-order valence-corrected chi connectivity index (χ4v) is 2.29. The van der Waals surface area contributed by atoms with Crippen LogP contribution in [-0.2, 0) is 0 Å². The number of rotatable bonds is 0. The molecule has 0 amide bonds. The van der Waals surface area contributed by atoms with Crippen LogP contribution in [-0.4, -0.2) is 0 Å². The highest BCUT2D eigenvalue weighted by molar-refractivity contribution is 5.85. The fourth-order valence-electron chi connectivity index (χ4n) is 2.29. The quantitative estimate of drug-likeness (QED) is 0.355. The highest BCUT2D eigenvalue weighted by Gasteiger charge is 1.92. The van der Waals surface area contributed by atoms with E-state index in [1.165, 1.54) is 16.3 Å². The lowest BCUT2D eigenvalue weighted by molar-refractivity contribution is 0.616. The van der Waals surface area contributed by atoms with Crippen molar-refractivity contribution in [2.75, 3.05) is 0 Å². The molecule has 0 N–H and O–H groups in total. The van der Waals surface area contributed by atoms with Gasteiger partial charge in [0.2, 0.25) is 0 Å². The standard InChI is InChI=1S/C11H10.C8H6O.C2H6/c1-9-5-4-7-10-6-2-3-8-11(9)10;1-2-4-8-7(3-1)5-6-9-8;1-2/h2-8H,1H3;1-6H;1-2H3. The summed E-state index contributed by atoms with van der Waals surface area (Å²) in [5, 5.41) is 3.85. The van der Waals surface area contributed by atoms with Crippen molar-refractivity contribution in [1.82, 2.24) is 0 Å². The van der Waals surface area contributed by atoms with E-state index >= 15 is 0 Å². The van der Waals surface area contributed by atoms with Gasteiger partial charge in [-0.15, -0.1) is 0 Å². The number of hydrogen-bond donors (Lipinski definition) is 0. The normalized spacial score (nSPS) is 9.59. The predicted octanol–water partition coefficient (Wildman–Crippen LogP) is 6.61. The number of hydrogen-bond acceptors (Lipinski definition) is 1. The van der Waals surface area contributed by atoms with Crippen molar-refractivity contribution in [1.29, 1.82) is 0 Å². The molecule has 0 aliphatic rings. The number of furan rings is 1. The van der Waals surface area contributed by atoms with Crippen LogP contribution in [0.4, 0.5) is 0 Å². The molecule has 3 aromatic carbocycles. The van der Waals surface area contributed by atoms with Crippen molar-refractivity contribution in [2.24, 2.45) is 0 Å². The third kappa shape index (κ3) is 3.76. The Balaban J connectivity index is 0.000000146. The molecular weight excluding hydrogens is 268 g/mol. The molecule has 1 aromatic heterocycles. The molecule has 0 bridgehead atoms. The lowest BCUT2D eigenvalue weighted by Gasteiger charge is -1.98. The molecule has 0 aliphatic heterocycles. The molecule has 0 aliphatic carbocycles. The van der Waals surface area contributed by atoms with E-state index in [1.54, 1.807) is 6.26 Å². The van der Waals surface area contributed by atoms with E-state index in [0.717, 1.165) is 11.0 Å². The summed E-state index contributed by atoms with van der Waals surface area (Å²) in [6.45, 7) is 6.14. The summed E-state index contributed by atoms with van der Waals surface area (Å²) in [4.78, 5) is 0. The van der Waals surface area contributed by atoms with E-state index < -0.39 is 0 Å². The summed E-state index contributed by atoms with van der Waals surface area (Å²) in [6, 6.07) is 24.7. The fraction of sp³-hybridized carbons (Fsp3) is 0.143. The first kappa shape index (κ1) is 15.8. The summed E-state index contributed by atoms with van der Waals surface area (Å²) < 4.78 is 5.12. The number of para-hydroxylation sites is 1. The molecule has 0 fully saturated rings. The average Bonchev–Trinajstić information content (AvgIpc) is 3.06. The van der Waals surface area contributed by atoms with Crippen molar-refractivity contribution >= 4 is 21.7 Å². The SMILES string of the molecule is CC.Cc1cccc2ccccc12.c1ccc2occc2c1. The van der Waals surface area contributed by atoms with Crippen molar-refractivity contribution in [3.63, 3.8) is 0 Å². The highest BCUT2D eigenvalue weighted by atomic mass is 16.3. The van der Waals surface area contributed by atoms with Crippen LogP contribution in [0.3, 0.4) is 0 Å². The van der Waals surface area contributed by atoms with Crippen molar-refractivity contribution in [3.05, 3.63) is 84.6 Å². The molecule has 4 aromatic rings. The summed E-state index contributed by atoms with van der Waals surface area (Å²) >= 11 is 0. The summed E-state index contributed by atoms with van der Waals surface area (Å²) in [5.74, 6) is 0. The van der Waals surface area contributed by atoms with E-state index in [9.17, 15) is 0 Å². The van der Waals surface area contributed by atoms with Gasteiger partial charge in [-0.2, -0.15) is 0 Å². The van der Waals surface area contributed by atoms with E-state index in [-0.39, 0.29) is 0 Å². The van der Waals surface area contributed by atoms with Gasteiger partial charge in [0.15, 0.2) is 0 Å². The zero-order valence-corrected chi connectivity index (χ0v) is 13.4. The molecule has 0 unspecified atom stereocenters. The number of fused-ring (bicyclic) bond motifs is 2. The second kappa shape index (κ2) is 8.04. The zero-order valence-electron chi connectivity index (χ0n) is 13.4. The van der Waals surface area contributed by atoms with Gasteiger partial charge in [0.1, 0.15) is 5.58 Å². The molecule has 0 saturated heterocycles. The maximum atomic E-state index is 5.12. The van der Waals surface area contributed by atoms with E-state index in [0.29, 0.717) is 0 Å². The summed E-state index contributed by atoms with van der Waals surface area (Å²) in [5.41, 5.74) is 2.31. The topological polar surface area (TPSA) is 13.1 Å². The van der Waals surface area contributed by atoms with Crippen LogP contribution in [0, 0.1) is 6.92 Å². The number of benzene rings is 3. The van der Waals surface area contributed by atoms with Crippen LogP contribution in [0.15, 0.2) is 83.5 Å². The maximum Gasteiger partial charge on any atom is 0.133 e. The van der Waals surface area contributed by atoms with Crippen LogP contribution in [0.2, 0.25) is 0 Å². The zero-order chi connectivity index (χ0) is 15.8. The highest BCUT2D eigenvalue weighted by Crippen LogP contribution is 2.16. The Morgan fingerprint density at radius 3 is 2.00 bits per heavy atom. The monoisotopic (exact) mass is 290 g/mol. The number of aryl methyl sites for hydroxylation is 1. The lowest BCUT2D eigenvalue weighted by atomic mass is 10.1. The predicted molar refractivity (Wildman–Crippen MR) is 96.2 cm³/mol. The first-order chi connectivity index (χ1) is 10.8. The van der Waals surface area contributed by atoms with Crippen LogP contribution in [0.1, 0.15) is 19.4 Å². The van der Waals surface area contributed by atoms with Gasteiger partial charge in [-0.3, -0.25) is 0 Å². The third-order valence-electron chi connectivity index (χ3n) is 3.37. The van der Waals surface area contributed by atoms with Gasteiger partial charge >= 0.3 is 0 Å². The van der Waals surface area contributed by atoms with E-state index in [1.807, 2.05) is 44.2 Å². The molecule has 112 valence electrons. The van der Waals surface area contributed by atoms with Crippen LogP contribution >= 0.6 is 0 Å². The van der Waals surface area contributed by atoms with Crippen LogP contribution in [0.5, 0.6) is 0 Å². The Morgan fingerprint density at radius 2 is 1.27 bits per heavy atom. The second-order valence-electron chi connectivity index (χ2n) is 4.75. The summed E-state index contributed by atoms with van der Waals surface area (Å²) in [7, 11) is 0. The molecule has 1 nitrogen and oxygen atoms in total. The van der Waals surface area contributed by atoms with Gasteiger partial charge in [-0.25, -0.2) is 0 Å². The average molecular weight is 290 g/mol. The Hall–Kier alpha value is -2.54. The molecule has 1 heteroatoms. The third-order valence-corrected chi connectivity index (χ3v) is 3.37. The van der Waals surface area contributed by atoms with E-state index in [4.69, 9.17) is 4.42 Å². The molecular formula is C21H22O. The van der Waals surface area contributed by atoms with E-state index in [2.05, 4.69) is 49.4 Å². The molecule has 4 rings (SSSR count). The molecule has 22 heavy (non-hydrogen) atoms. The van der Waals surface area contributed by atoms with Crippen LogP contribution < -0.4 is 0 Å². The van der Waals surface area contributed by atoms with Gasteiger partial charge in [0.25, 0.3) is 0 Å². The van der Waals surface area contributed by atoms with Crippen molar-refractivity contribution < 1.29 is 4.42 Å². The van der Waals surface area contributed by atoms with Gasteiger partial charge in [-0.05, 0) is 35.4 Å². The largest absolute Gasteiger partial charge is 0.464 e. The Morgan fingerprint density at radius 1 is 0.636 bits per heavy atom. The molecule has 0 radical (unpaired) electrons. The smallest absolute Gasteiger partial charge is 0.133 e.